The Bertz CT molecular complexity index is 553. The highest BCUT2D eigenvalue weighted by atomic mass is 16.5. The summed E-state index contributed by atoms with van der Waals surface area (Å²) >= 11 is 0. The summed E-state index contributed by atoms with van der Waals surface area (Å²) in [6, 6.07) is 7.31. The van der Waals surface area contributed by atoms with Crippen molar-refractivity contribution >= 4 is 17.5 Å². The largest absolute Gasteiger partial charge is 0.492 e. The molecule has 1 aromatic rings. The Morgan fingerprint density at radius 3 is 2.29 bits per heavy atom. The minimum Gasteiger partial charge on any atom is -0.492 e. The third-order valence-electron chi connectivity index (χ3n) is 3.16. The Morgan fingerprint density at radius 1 is 1.08 bits per heavy atom. The van der Waals surface area contributed by atoms with Crippen LogP contribution in [-0.4, -0.2) is 48.5 Å². The van der Waals surface area contributed by atoms with E-state index in [1.54, 1.807) is 11.0 Å². The fraction of sp³-hybridized carbons (Fsp3) is 0.556. The molecule has 134 valence electrons. The number of nitrogens with zero attached hydrogens (tertiary/aromatic N) is 1. The molecule has 2 N–H and O–H groups in total. The van der Waals surface area contributed by atoms with Gasteiger partial charge in [0.15, 0.2) is 0 Å². The van der Waals surface area contributed by atoms with Crippen molar-refractivity contribution in [3.63, 3.8) is 0 Å². The fourth-order valence-electron chi connectivity index (χ4n) is 2.18. The second-order valence-electron chi connectivity index (χ2n) is 6.58. The van der Waals surface area contributed by atoms with Crippen LogP contribution in [0.5, 0.6) is 5.75 Å². The number of para-hydroxylation sites is 2. The summed E-state index contributed by atoms with van der Waals surface area (Å²) in [6.45, 7) is 11.1. The van der Waals surface area contributed by atoms with Crippen LogP contribution in [0.3, 0.4) is 0 Å². The molecule has 0 saturated heterocycles. The molecule has 0 saturated carbocycles. The van der Waals surface area contributed by atoms with Crippen molar-refractivity contribution in [1.82, 2.24) is 10.2 Å². The molecule has 0 bridgehead atoms. The Hall–Kier alpha value is -2.08. The zero-order valence-corrected chi connectivity index (χ0v) is 15.3. The van der Waals surface area contributed by atoms with Gasteiger partial charge in [-0.05, 0) is 46.4 Å². The zero-order chi connectivity index (χ0) is 18.2. The number of anilines is 1. The third kappa shape index (κ3) is 7.46. The maximum absolute atomic E-state index is 12.3. The van der Waals surface area contributed by atoms with E-state index < -0.39 is 0 Å². The molecule has 0 aliphatic carbocycles. The molecule has 2 amide bonds. The van der Waals surface area contributed by atoms with Crippen LogP contribution in [0.2, 0.25) is 0 Å². The summed E-state index contributed by atoms with van der Waals surface area (Å²) in [5, 5.41) is 5.74. The van der Waals surface area contributed by atoms with E-state index in [0.29, 0.717) is 24.6 Å². The summed E-state index contributed by atoms with van der Waals surface area (Å²) in [5.74, 6) is 0.376. The van der Waals surface area contributed by atoms with Crippen molar-refractivity contribution in [2.24, 2.45) is 0 Å². The second kappa shape index (κ2) is 9.27. The van der Waals surface area contributed by atoms with E-state index in [-0.39, 0.29) is 30.4 Å². The Balaban J connectivity index is 2.60. The maximum atomic E-state index is 12.3. The van der Waals surface area contributed by atoms with E-state index in [1.165, 1.54) is 0 Å². The van der Waals surface area contributed by atoms with Gasteiger partial charge in [0.05, 0.1) is 25.4 Å². The predicted molar refractivity (Wildman–Crippen MR) is 96.3 cm³/mol. The average Bonchev–Trinajstić information content (AvgIpc) is 2.46. The van der Waals surface area contributed by atoms with Gasteiger partial charge in [-0.15, -0.1) is 0 Å². The maximum Gasteiger partial charge on any atom is 0.238 e. The number of ether oxygens (including phenoxy) is 1. The lowest BCUT2D eigenvalue weighted by Gasteiger charge is -2.24. The monoisotopic (exact) mass is 335 g/mol. The lowest BCUT2D eigenvalue weighted by atomic mass is 10.1. The van der Waals surface area contributed by atoms with Crippen LogP contribution in [0.25, 0.3) is 0 Å². The summed E-state index contributed by atoms with van der Waals surface area (Å²) in [5.41, 5.74) is 0.356. The van der Waals surface area contributed by atoms with Gasteiger partial charge in [-0.3, -0.25) is 14.5 Å². The molecule has 6 heteroatoms. The van der Waals surface area contributed by atoms with Gasteiger partial charge in [0, 0.05) is 5.54 Å². The van der Waals surface area contributed by atoms with Crippen LogP contribution in [0.4, 0.5) is 5.69 Å². The SMILES string of the molecule is CCOc1ccccc1NC(=O)CN(CC)CC(=O)NC(C)(C)C. The molecule has 24 heavy (non-hydrogen) atoms. The van der Waals surface area contributed by atoms with Crippen LogP contribution >= 0.6 is 0 Å². The quantitative estimate of drug-likeness (QED) is 0.764. The topological polar surface area (TPSA) is 70.7 Å². The van der Waals surface area contributed by atoms with E-state index in [4.69, 9.17) is 4.74 Å². The van der Waals surface area contributed by atoms with Gasteiger partial charge in [-0.25, -0.2) is 0 Å². The molecule has 1 rings (SSSR count). The summed E-state index contributed by atoms with van der Waals surface area (Å²) < 4.78 is 5.50. The number of amides is 2. The molecule has 1 aromatic carbocycles. The van der Waals surface area contributed by atoms with E-state index in [0.717, 1.165) is 0 Å². The lowest BCUT2D eigenvalue weighted by Crippen LogP contribution is -2.47. The van der Waals surface area contributed by atoms with E-state index in [1.807, 2.05) is 52.8 Å². The highest BCUT2D eigenvalue weighted by molar-refractivity contribution is 5.94. The molecule has 6 nitrogen and oxygen atoms in total. The van der Waals surface area contributed by atoms with Crippen molar-refractivity contribution in [1.29, 1.82) is 0 Å². The third-order valence-corrected chi connectivity index (χ3v) is 3.16. The Kier molecular flexibility index (Phi) is 7.71. The number of rotatable bonds is 8. The number of carbonyl (C=O) groups is 2. The summed E-state index contributed by atoms with van der Waals surface area (Å²) in [4.78, 5) is 26.1. The molecule has 0 fully saturated rings. The van der Waals surface area contributed by atoms with Gasteiger partial charge in [-0.2, -0.15) is 0 Å². The molecule has 0 heterocycles. The summed E-state index contributed by atoms with van der Waals surface area (Å²) in [7, 11) is 0. The van der Waals surface area contributed by atoms with Crippen molar-refractivity contribution in [2.75, 3.05) is 31.6 Å². The molecule has 0 spiro atoms. The van der Waals surface area contributed by atoms with Gasteiger partial charge in [0.2, 0.25) is 11.8 Å². The first-order valence-electron chi connectivity index (χ1n) is 8.30. The fourth-order valence-corrected chi connectivity index (χ4v) is 2.18. The molecule has 0 aliphatic heterocycles. The molecule has 0 atom stereocenters. The molecule has 0 aliphatic rings. The van der Waals surface area contributed by atoms with Crippen molar-refractivity contribution in [3.8, 4) is 5.75 Å². The molecule has 0 aromatic heterocycles. The smallest absolute Gasteiger partial charge is 0.238 e. The van der Waals surface area contributed by atoms with Crippen molar-refractivity contribution < 1.29 is 14.3 Å². The lowest BCUT2D eigenvalue weighted by molar-refractivity contribution is -0.124. The first-order chi connectivity index (χ1) is 11.2. The highest BCUT2D eigenvalue weighted by Crippen LogP contribution is 2.23. The van der Waals surface area contributed by atoms with Crippen molar-refractivity contribution in [2.45, 2.75) is 40.2 Å². The average molecular weight is 335 g/mol. The summed E-state index contributed by atoms with van der Waals surface area (Å²) in [6.07, 6.45) is 0. The van der Waals surface area contributed by atoms with Gasteiger partial charge in [0.1, 0.15) is 5.75 Å². The van der Waals surface area contributed by atoms with Crippen LogP contribution in [-0.2, 0) is 9.59 Å². The number of nitrogens with one attached hydrogen (secondary N) is 2. The minimum absolute atomic E-state index is 0.0909. The molecular formula is C18H29N3O3. The number of likely N-dealkylation sites (N-methyl/N-ethyl adjacent to an activating group) is 1. The van der Waals surface area contributed by atoms with Crippen LogP contribution in [0.15, 0.2) is 24.3 Å². The van der Waals surface area contributed by atoms with E-state index in [2.05, 4.69) is 10.6 Å². The number of hydrogen-bond donors (Lipinski definition) is 2. The number of benzene rings is 1. The standard InChI is InChI=1S/C18H29N3O3/c1-6-21(13-17(23)20-18(3,4)5)12-16(22)19-14-10-8-9-11-15(14)24-7-2/h8-11H,6-7,12-13H2,1-5H3,(H,19,22)(H,20,23). The van der Waals surface area contributed by atoms with Crippen LogP contribution in [0, 0.1) is 0 Å². The molecule has 0 radical (unpaired) electrons. The van der Waals surface area contributed by atoms with Gasteiger partial charge >= 0.3 is 0 Å². The second-order valence-corrected chi connectivity index (χ2v) is 6.58. The first kappa shape index (κ1) is 20.0. The highest BCUT2D eigenvalue weighted by Gasteiger charge is 2.18. The van der Waals surface area contributed by atoms with Crippen LogP contribution in [0.1, 0.15) is 34.6 Å². The van der Waals surface area contributed by atoms with E-state index >= 15 is 0 Å². The Labute approximate surface area is 144 Å². The predicted octanol–water partition coefficient (Wildman–Crippen LogP) is 2.26. The van der Waals surface area contributed by atoms with Crippen LogP contribution < -0.4 is 15.4 Å². The zero-order valence-electron chi connectivity index (χ0n) is 15.3. The normalized spacial score (nSPS) is 11.2. The van der Waals surface area contributed by atoms with Gasteiger partial charge in [-0.1, -0.05) is 19.1 Å². The van der Waals surface area contributed by atoms with Crippen molar-refractivity contribution in [3.05, 3.63) is 24.3 Å². The van der Waals surface area contributed by atoms with Gasteiger partial charge < -0.3 is 15.4 Å². The van der Waals surface area contributed by atoms with Gasteiger partial charge in [0.25, 0.3) is 0 Å². The molecular weight excluding hydrogens is 306 g/mol. The minimum atomic E-state index is -0.283. The number of carbonyl (C=O) groups excluding carboxylic acids is 2. The number of hydrogen-bond acceptors (Lipinski definition) is 4. The Morgan fingerprint density at radius 2 is 1.71 bits per heavy atom. The first-order valence-corrected chi connectivity index (χ1v) is 8.30. The molecule has 0 unspecified atom stereocenters. The van der Waals surface area contributed by atoms with E-state index in [9.17, 15) is 9.59 Å².